The quantitative estimate of drug-likeness (QED) is 0.709. The fraction of sp³-hybridized carbons (Fsp3) is 0.150. The average Bonchev–Trinajstić information content (AvgIpc) is 2.69. The number of hydrogen-bond acceptors (Lipinski definition) is 5. The number of methoxy groups -OCH3 is 2. The van der Waals surface area contributed by atoms with Gasteiger partial charge in [0.15, 0.2) is 11.5 Å². The molecule has 28 heavy (non-hydrogen) atoms. The number of carbonyl (C=O) groups is 1. The first-order chi connectivity index (χ1) is 13.5. The summed E-state index contributed by atoms with van der Waals surface area (Å²) < 4.78 is 11.8. The SMILES string of the molecule is COc1ccc(-n2ccnc(NC(=O)Nc3cccc(C)c3)c2=O)cc1OC. The van der Waals surface area contributed by atoms with E-state index in [-0.39, 0.29) is 5.82 Å². The van der Waals surface area contributed by atoms with Gasteiger partial charge >= 0.3 is 6.03 Å². The lowest BCUT2D eigenvalue weighted by Gasteiger charge is -2.12. The third-order valence-electron chi connectivity index (χ3n) is 3.99. The maximum absolute atomic E-state index is 12.8. The lowest BCUT2D eigenvalue weighted by Crippen LogP contribution is -2.28. The maximum atomic E-state index is 12.8. The van der Waals surface area contributed by atoms with Crippen molar-refractivity contribution >= 4 is 17.5 Å². The Morgan fingerprint density at radius 3 is 2.54 bits per heavy atom. The lowest BCUT2D eigenvalue weighted by atomic mass is 10.2. The first-order valence-corrected chi connectivity index (χ1v) is 8.46. The van der Waals surface area contributed by atoms with E-state index in [0.717, 1.165) is 5.56 Å². The molecule has 8 nitrogen and oxygen atoms in total. The largest absolute Gasteiger partial charge is 0.493 e. The molecule has 0 aliphatic rings. The van der Waals surface area contributed by atoms with Gasteiger partial charge in [0.1, 0.15) is 0 Å². The first kappa shape index (κ1) is 19.0. The Morgan fingerprint density at radius 2 is 1.82 bits per heavy atom. The zero-order chi connectivity index (χ0) is 20.1. The molecule has 0 aliphatic carbocycles. The molecule has 2 aromatic carbocycles. The number of ether oxygens (including phenoxy) is 2. The van der Waals surface area contributed by atoms with Crippen LogP contribution in [0.4, 0.5) is 16.3 Å². The summed E-state index contributed by atoms with van der Waals surface area (Å²) in [4.78, 5) is 29.0. The number of nitrogens with one attached hydrogen (secondary N) is 2. The highest BCUT2D eigenvalue weighted by Gasteiger charge is 2.12. The molecule has 0 saturated carbocycles. The monoisotopic (exact) mass is 380 g/mol. The van der Waals surface area contributed by atoms with E-state index in [2.05, 4.69) is 15.6 Å². The number of hydrogen-bond donors (Lipinski definition) is 2. The summed E-state index contributed by atoms with van der Waals surface area (Å²) in [6.45, 7) is 1.92. The molecule has 0 saturated heterocycles. The molecule has 8 heteroatoms. The maximum Gasteiger partial charge on any atom is 0.325 e. The second-order valence-electron chi connectivity index (χ2n) is 5.94. The van der Waals surface area contributed by atoms with Gasteiger partial charge in [0, 0.05) is 24.1 Å². The normalized spacial score (nSPS) is 10.2. The average molecular weight is 380 g/mol. The van der Waals surface area contributed by atoms with Gasteiger partial charge in [-0.1, -0.05) is 12.1 Å². The molecular formula is C20H20N4O4. The van der Waals surface area contributed by atoms with E-state index >= 15 is 0 Å². The number of aryl methyl sites for hydroxylation is 1. The Bertz CT molecular complexity index is 1060. The van der Waals surface area contributed by atoms with Gasteiger partial charge in [-0.15, -0.1) is 0 Å². The Kier molecular flexibility index (Phi) is 5.59. The highest BCUT2D eigenvalue weighted by atomic mass is 16.5. The van der Waals surface area contributed by atoms with E-state index < -0.39 is 11.6 Å². The molecule has 2 N–H and O–H groups in total. The van der Waals surface area contributed by atoms with Gasteiger partial charge in [-0.05, 0) is 36.8 Å². The van der Waals surface area contributed by atoms with Gasteiger partial charge in [-0.3, -0.25) is 14.7 Å². The minimum Gasteiger partial charge on any atom is -0.493 e. The van der Waals surface area contributed by atoms with Crippen LogP contribution in [0.5, 0.6) is 11.5 Å². The van der Waals surface area contributed by atoms with E-state index in [9.17, 15) is 9.59 Å². The molecule has 0 radical (unpaired) electrons. The predicted molar refractivity (Wildman–Crippen MR) is 107 cm³/mol. The minimum atomic E-state index is -0.555. The molecule has 1 heterocycles. The van der Waals surface area contributed by atoms with Gasteiger partial charge in [-0.25, -0.2) is 9.78 Å². The van der Waals surface area contributed by atoms with E-state index in [0.29, 0.717) is 22.9 Å². The van der Waals surface area contributed by atoms with Crippen molar-refractivity contribution in [1.29, 1.82) is 0 Å². The van der Waals surface area contributed by atoms with Gasteiger partial charge < -0.3 is 14.8 Å². The Morgan fingerprint density at radius 1 is 1.04 bits per heavy atom. The Balaban J connectivity index is 1.85. The Labute approximate surface area is 161 Å². The van der Waals surface area contributed by atoms with Crippen LogP contribution < -0.4 is 25.7 Å². The first-order valence-electron chi connectivity index (χ1n) is 8.46. The van der Waals surface area contributed by atoms with E-state index in [1.807, 2.05) is 25.1 Å². The molecule has 1 aromatic heterocycles. The van der Waals surface area contributed by atoms with E-state index in [1.54, 1.807) is 24.3 Å². The van der Waals surface area contributed by atoms with Crippen molar-refractivity contribution in [2.75, 3.05) is 24.9 Å². The second kappa shape index (κ2) is 8.26. The van der Waals surface area contributed by atoms with Gasteiger partial charge in [0.2, 0.25) is 5.82 Å². The van der Waals surface area contributed by atoms with Crippen LogP contribution in [0.2, 0.25) is 0 Å². The summed E-state index contributed by atoms with van der Waals surface area (Å²) in [6.07, 6.45) is 2.94. The van der Waals surface area contributed by atoms with Crippen molar-refractivity contribution < 1.29 is 14.3 Å². The molecule has 0 unspecified atom stereocenters. The van der Waals surface area contributed by atoms with Crippen LogP contribution in [0.3, 0.4) is 0 Å². The summed E-state index contributed by atoms with van der Waals surface area (Å²) in [5.74, 6) is 0.932. The Hall–Kier alpha value is -3.81. The topological polar surface area (TPSA) is 94.5 Å². The summed E-state index contributed by atoms with van der Waals surface area (Å²) in [5.41, 5.74) is 1.70. The van der Waals surface area contributed by atoms with Crippen molar-refractivity contribution in [3.05, 3.63) is 70.8 Å². The van der Waals surface area contributed by atoms with Crippen LogP contribution >= 0.6 is 0 Å². The molecular weight excluding hydrogens is 360 g/mol. The van der Waals surface area contributed by atoms with Crippen molar-refractivity contribution in [3.8, 4) is 17.2 Å². The molecule has 3 aromatic rings. The van der Waals surface area contributed by atoms with Gasteiger partial charge in [0.05, 0.1) is 19.9 Å². The molecule has 0 bridgehead atoms. The van der Waals surface area contributed by atoms with E-state index in [4.69, 9.17) is 9.47 Å². The second-order valence-corrected chi connectivity index (χ2v) is 5.94. The summed E-state index contributed by atoms with van der Waals surface area (Å²) in [7, 11) is 3.05. The number of amides is 2. The molecule has 0 atom stereocenters. The number of rotatable bonds is 5. The van der Waals surface area contributed by atoms with Gasteiger partial charge in [0.25, 0.3) is 5.56 Å². The fourth-order valence-electron chi connectivity index (χ4n) is 2.67. The van der Waals surface area contributed by atoms with Crippen molar-refractivity contribution in [1.82, 2.24) is 9.55 Å². The standard InChI is InChI=1S/C20H20N4O4/c1-13-5-4-6-14(11-13)22-20(26)23-18-19(25)24(10-9-21-18)15-7-8-16(27-2)17(12-15)28-3/h4-12H,1-3H3,(H2,21,22,23,26). The zero-order valence-corrected chi connectivity index (χ0v) is 15.7. The van der Waals surface area contributed by atoms with Crippen LogP contribution in [-0.2, 0) is 0 Å². The summed E-state index contributed by atoms with van der Waals surface area (Å²) >= 11 is 0. The third-order valence-corrected chi connectivity index (χ3v) is 3.99. The number of carbonyl (C=O) groups excluding carboxylic acids is 1. The molecule has 0 fully saturated rings. The van der Waals surface area contributed by atoms with Crippen LogP contribution in [-0.4, -0.2) is 29.8 Å². The van der Waals surface area contributed by atoms with Crippen LogP contribution in [0.25, 0.3) is 5.69 Å². The number of urea groups is 1. The highest BCUT2D eigenvalue weighted by Crippen LogP contribution is 2.28. The summed E-state index contributed by atoms with van der Waals surface area (Å²) in [5, 5.41) is 5.17. The number of aromatic nitrogens is 2. The zero-order valence-electron chi connectivity index (χ0n) is 15.7. The van der Waals surface area contributed by atoms with Crippen LogP contribution in [0.15, 0.2) is 59.7 Å². The molecule has 2 amide bonds. The van der Waals surface area contributed by atoms with Crippen molar-refractivity contribution in [2.24, 2.45) is 0 Å². The lowest BCUT2D eigenvalue weighted by molar-refractivity contribution is 0.262. The third kappa shape index (κ3) is 4.12. The van der Waals surface area contributed by atoms with Crippen molar-refractivity contribution in [2.45, 2.75) is 6.92 Å². The minimum absolute atomic E-state index is 0.0950. The van der Waals surface area contributed by atoms with Crippen LogP contribution in [0.1, 0.15) is 5.56 Å². The van der Waals surface area contributed by atoms with Gasteiger partial charge in [-0.2, -0.15) is 0 Å². The smallest absolute Gasteiger partial charge is 0.325 e. The van der Waals surface area contributed by atoms with E-state index in [1.165, 1.54) is 31.2 Å². The van der Waals surface area contributed by atoms with Crippen molar-refractivity contribution in [3.63, 3.8) is 0 Å². The number of anilines is 2. The predicted octanol–water partition coefficient (Wildman–Crippen LogP) is 3.20. The summed E-state index contributed by atoms with van der Waals surface area (Å²) in [6, 6.07) is 11.8. The highest BCUT2D eigenvalue weighted by molar-refractivity contribution is 5.99. The fourth-order valence-corrected chi connectivity index (χ4v) is 2.67. The molecule has 0 spiro atoms. The number of benzene rings is 2. The van der Waals surface area contributed by atoms with Crippen LogP contribution in [0, 0.1) is 6.92 Å². The molecule has 0 aliphatic heterocycles. The number of nitrogens with zero attached hydrogens (tertiary/aromatic N) is 2. The molecule has 3 rings (SSSR count). The molecule has 144 valence electrons.